The first-order chi connectivity index (χ1) is 20.7. The second-order valence-corrected chi connectivity index (χ2v) is 12.5. The van der Waals surface area contributed by atoms with Gasteiger partial charge >= 0.3 is 0 Å². The van der Waals surface area contributed by atoms with Crippen LogP contribution in [0.2, 0.25) is 5.02 Å². The molecule has 1 atom stereocenters. The molecule has 0 radical (unpaired) electrons. The maximum absolute atomic E-state index is 13.3. The van der Waals surface area contributed by atoms with Gasteiger partial charge in [-0.15, -0.1) is 11.8 Å². The third-order valence-electron chi connectivity index (χ3n) is 6.30. The summed E-state index contributed by atoms with van der Waals surface area (Å²) in [7, 11) is 0. The highest BCUT2D eigenvalue weighted by molar-refractivity contribution is 8.00. The second-order valence-electron chi connectivity index (χ2n) is 9.62. The number of thioether (sulfide) groups is 1. The van der Waals surface area contributed by atoms with Crippen LogP contribution in [0.5, 0.6) is 0 Å². The van der Waals surface area contributed by atoms with Gasteiger partial charge in [0.15, 0.2) is 5.13 Å². The minimum absolute atomic E-state index is 0.0377. The summed E-state index contributed by atoms with van der Waals surface area (Å²) in [6.45, 7) is 3.85. The molecule has 0 aliphatic heterocycles. The monoisotopic (exact) mass is 626 g/mol. The van der Waals surface area contributed by atoms with Gasteiger partial charge < -0.3 is 16.0 Å². The highest BCUT2D eigenvalue weighted by atomic mass is 35.5. The first-order valence-electron chi connectivity index (χ1n) is 13.3. The van der Waals surface area contributed by atoms with E-state index >= 15 is 0 Å². The molecule has 1 unspecified atom stereocenters. The van der Waals surface area contributed by atoms with Crippen molar-refractivity contribution in [2.24, 2.45) is 0 Å². The van der Waals surface area contributed by atoms with Gasteiger partial charge in [-0.05, 0) is 85.6 Å². The van der Waals surface area contributed by atoms with Crippen molar-refractivity contribution in [3.63, 3.8) is 0 Å². The Kier molecular flexibility index (Phi) is 9.56. The Balaban J connectivity index is 1.24. The lowest BCUT2D eigenvalue weighted by Gasteiger charge is -2.13. The lowest BCUT2D eigenvalue weighted by molar-refractivity contribution is -0.115. The fraction of sp³-hybridized carbons (Fsp3) is 0.0909. The summed E-state index contributed by atoms with van der Waals surface area (Å²) in [5.74, 6) is -1.08. The summed E-state index contributed by atoms with van der Waals surface area (Å²) < 4.78 is 1.03. The van der Waals surface area contributed by atoms with Gasteiger partial charge in [0.2, 0.25) is 5.91 Å². The molecule has 3 N–H and O–H groups in total. The smallest absolute Gasteiger partial charge is 0.272 e. The van der Waals surface area contributed by atoms with Crippen LogP contribution in [0, 0.1) is 6.92 Å². The molecule has 5 rings (SSSR count). The average Bonchev–Trinajstić information content (AvgIpc) is 3.40. The molecular weight excluding hydrogens is 600 g/mol. The minimum Gasteiger partial charge on any atom is -0.321 e. The maximum Gasteiger partial charge on any atom is 0.272 e. The van der Waals surface area contributed by atoms with Gasteiger partial charge in [0.05, 0.1) is 15.5 Å². The molecule has 1 aromatic heterocycles. The zero-order valence-corrected chi connectivity index (χ0v) is 25.6. The molecule has 216 valence electrons. The van der Waals surface area contributed by atoms with Crippen molar-refractivity contribution in [1.29, 1.82) is 0 Å². The Morgan fingerprint density at radius 3 is 2.37 bits per heavy atom. The van der Waals surface area contributed by atoms with Crippen molar-refractivity contribution in [3.05, 3.63) is 124 Å². The van der Waals surface area contributed by atoms with Crippen molar-refractivity contribution >= 4 is 79.5 Å². The number of carbonyl (C=O) groups excluding carboxylic acids is 3. The normalized spacial score (nSPS) is 12.0. The number of nitrogens with zero attached hydrogens (tertiary/aromatic N) is 1. The molecule has 0 spiro atoms. The third-order valence-corrected chi connectivity index (χ3v) is 8.69. The molecule has 43 heavy (non-hydrogen) atoms. The lowest BCUT2D eigenvalue weighted by atomic mass is 10.1. The Morgan fingerprint density at radius 1 is 0.907 bits per heavy atom. The van der Waals surface area contributed by atoms with Crippen LogP contribution >= 0.6 is 34.7 Å². The lowest BCUT2D eigenvalue weighted by Crippen LogP contribution is -2.30. The van der Waals surface area contributed by atoms with Crippen molar-refractivity contribution in [2.75, 3.05) is 10.6 Å². The van der Waals surface area contributed by atoms with Gasteiger partial charge in [-0.3, -0.25) is 14.4 Å². The number of thiazole rings is 1. The number of hydrogen-bond donors (Lipinski definition) is 3. The Hall–Kier alpha value is -4.44. The summed E-state index contributed by atoms with van der Waals surface area (Å²) in [5, 5.41) is 9.08. The van der Waals surface area contributed by atoms with Crippen LogP contribution in [0.1, 0.15) is 28.4 Å². The molecule has 10 heteroatoms. The van der Waals surface area contributed by atoms with Gasteiger partial charge in [-0.2, -0.15) is 0 Å². The summed E-state index contributed by atoms with van der Waals surface area (Å²) in [6, 6.07) is 28.8. The predicted molar refractivity (Wildman–Crippen MR) is 177 cm³/mol. The van der Waals surface area contributed by atoms with Crippen molar-refractivity contribution in [3.8, 4) is 0 Å². The van der Waals surface area contributed by atoms with E-state index < -0.39 is 11.8 Å². The highest BCUT2D eigenvalue weighted by Gasteiger charge is 2.18. The third kappa shape index (κ3) is 7.90. The van der Waals surface area contributed by atoms with E-state index in [-0.39, 0.29) is 16.9 Å². The number of benzene rings is 4. The fourth-order valence-electron chi connectivity index (χ4n) is 4.06. The predicted octanol–water partition coefficient (Wildman–Crippen LogP) is 7.79. The van der Waals surface area contributed by atoms with Crippen molar-refractivity contribution < 1.29 is 14.4 Å². The van der Waals surface area contributed by atoms with E-state index in [4.69, 9.17) is 11.6 Å². The molecule has 0 bridgehead atoms. The zero-order valence-electron chi connectivity index (χ0n) is 23.3. The van der Waals surface area contributed by atoms with Crippen LogP contribution < -0.4 is 16.0 Å². The van der Waals surface area contributed by atoms with Gasteiger partial charge in [-0.25, -0.2) is 4.98 Å². The van der Waals surface area contributed by atoms with Crippen LogP contribution in [-0.2, 0) is 9.59 Å². The van der Waals surface area contributed by atoms with Crippen molar-refractivity contribution in [1.82, 2.24) is 10.3 Å². The molecule has 1 heterocycles. The number of aromatic nitrogens is 1. The van der Waals surface area contributed by atoms with E-state index in [1.165, 1.54) is 29.2 Å². The first kappa shape index (κ1) is 30.0. The van der Waals surface area contributed by atoms with Gasteiger partial charge in [0.25, 0.3) is 11.8 Å². The van der Waals surface area contributed by atoms with E-state index in [0.29, 0.717) is 27.0 Å². The fourth-order valence-corrected chi connectivity index (χ4v) is 6.08. The SMILES string of the molecule is Cc1ccc2nc(NC(=O)C(C)Sc3ccc(NC(=O)/C(=C/c4ccccc4Cl)NC(=O)c4ccccc4)cc3)sc2c1. The topological polar surface area (TPSA) is 100 Å². The molecule has 0 aliphatic carbocycles. The minimum atomic E-state index is -0.511. The molecule has 0 aliphatic rings. The summed E-state index contributed by atoms with van der Waals surface area (Å²) in [5.41, 5.74) is 3.56. The highest BCUT2D eigenvalue weighted by Crippen LogP contribution is 2.29. The Morgan fingerprint density at radius 2 is 1.63 bits per heavy atom. The van der Waals surface area contributed by atoms with E-state index in [1.807, 2.05) is 50.2 Å². The molecule has 0 fully saturated rings. The quantitative estimate of drug-likeness (QED) is 0.115. The first-order valence-corrected chi connectivity index (χ1v) is 15.4. The van der Waals surface area contributed by atoms with E-state index in [0.717, 1.165) is 20.7 Å². The number of carbonyl (C=O) groups is 3. The number of hydrogen-bond acceptors (Lipinski definition) is 6. The van der Waals surface area contributed by atoms with E-state index in [2.05, 4.69) is 20.9 Å². The van der Waals surface area contributed by atoms with Crippen LogP contribution in [0.4, 0.5) is 10.8 Å². The van der Waals surface area contributed by atoms with Crippen LogP contribution in [0.3, 0.4) is 0 Å². The maximum atomic E-state index is 13.3. The number of fused-ring (bicyclic) bond motifs is 1. The zero-order chi connectivity index (χ0) is 30.3. The summed E-state index contributed by atoms with van der Waals surface area (Å²) in [6.07, 6.45) is 1.54. The van der Waals surface area contributed by atoms with E-state index in [9.17, 15) is 14.4 Å². The molecular formula is C33H27ClN4O3S2. The molecule has 7 nitrogen and oxygen atoms in total. The van der Waals surface area contributed by atoms with Crippen LogP contribution in [-0.4, -0.2) is 28.0 Å². The average molecular weight is 627 g/mol. The van der Waals surface area contributed by atoms with Gasteiger partial charge in [-0.1, -0.05) is 65.4 Å². The Bertz CT molecular complexity index is 1820. The molecule has 3 amide bonds. The second kappa shape index (κ2) is 13.7. The number of amides is 3. The molecule has 0 saturated heterocycles. The number of aryl methyl sites for hydroxylation is 1. The van der Waals surface area contributed by atoms with Crippen molar-refractivity contribution in [2.45, 2.75) is 24.0 Å². The standard InChI is InChI=1S/C33H27ClN4O3S2/c1-20-12-17-27-29(18-20)43-33(37-27)38-30(39)21(2)42-25-15-13-24(14-16-25)35-32(41)28(19-23-10-6-7-11-26(23)34)36-31(40)22-8-4-3-5-9-22/h3-19,21H,1-2H3,(H,35,41)(H,36,40)(H,37,38,39)/b28-19-. The van der Waals surface area contributed by atoms with E-state index in [1.54, 1.807) is 60.7 Å². The molecule has 0 saturated carbocycles. The van der Waals surface area contributed by atoms with Gasteiger partial charge in [0.1, 0.15) is 5.70 Å². The number of nitrogens with one attached hydrogen (secondary N) is 3. The number of halogens is 1. The molecule has 5 aromatic rings. The largest absolute Gasteiger partial charge is 0.321 e. The summed E-state index contributed by atoms with van der Waals surface area (Å²) in [4.78, 5) is 44.4. The molecule has 4 aromatic carbocycles. The van der Waals surface area contributed by atoms with Crippen LogP contribution in [0.15, 0.2) is 108 Å². The number of rotatable bonds is 9. The Labute approximate surface area is 262 Å². The number of anilines is 2. The van der Waals surface area contributed by atoms with Crippen LogP contribution in [0.25, 0.3) is 16.3 Å². The summed E-state index contributed by atoms with van der Waals surface area (Å²) >= 11 is 9.15. The van der Waals surface area contributed by atoms with Gasteiger partial charge in [0, 0.05) is 21.2 Å².